The number of tetrazole rings is 1. The number of nitrogen functional groups attached to an aromatic ring is 1. The van der Waals surface area contributed by atoms with Gasteiger partial charge in [0.05, 0.1) is 0 Å². The lowest BCUT2D eigenvalue weighted by atomic mass is 10.0. The molecule has 3 atom stereocenters. The zero-order chi connectivity index (χ0) is 27.5. The number of hydrogen-bond donors (Lipinski definition) is 3. The first-order valence-corrected chi connectivity index (χ1v) is 14.4. The third kappa shape index (κ3) is 5.48. The Morgan fingerprint density at radius 1 is 1.44 bits per heavy atom. The molecule has 2 aromatic rings. The van der Waals surface area contributed by atoms with Crippen LogP contribution in [0.5, 0.6) is 0 Å². The van der Waals surface area contributed by atoms with Gasteiger partial charge in [0.15, 0.2) is 10.8 Å². The van der Waals surface area contributed by atoms with E-state index in [-0.39, 0.29) is 40.6 Å². The van der Waals surface area contributed by atoms with Crippen molar-refractivity contribution in [1.29, 1.82) is 0 Å². The molecule has 0 bridgehead atoms. The van der Waals surface area contributed by atoms with Crippen molar-refractivity contribution in [3.8, 4) is 12.3 Å². The van der Waals surface area contributed by atoms with E-state index in [9.17, 15) is 19.5 Å². The lowest BCUT2D eigenvalue weighted by Gasteiger charge is -2.49. The van der Waals surface area contributed by atoms with Crippen LogP contribution in [-0.4, -0.2) is 87.7 Å². The predicted molar refractivity (Wildman–Crippen MR) is 143 cm³/mol. The number of nitrogens with one attached hydrogen (secondary N) is 1. The topological polar surface area (TPSA) is 191 Å². The van der Waals surface area contributed by atoms with Gasteiger partial charge >= 0.3 is 5.97 Å². The van der Waals surface area contributed by atoms with Crippen LogP contribution in [0.15, 0.2) is 39.1 Å². The molecule has 0 radical (unpaired) electrons. The van der Waals surface area contributed by atoms with E-state index in [4.69, 9.17) is 17.0 Å². The maximum Gasteiger partial charge on any atom is 0.352 e. The van der Waals surface area contributed by atoms with E-state index in [1.54, 1.807) is 5.38 Å². The first-order valence-electron chi connectivity index (χ1n) is 11.5. The van der Waals surface area contributed by atoms with Gasteiger partial charge in [0.2, 0.25) is 5.16 Å². The number of carbonyl (C=O) groups is 3. The van der Waals surface area contributed by atoms with Crippen LogP contribution in [0.4, 0.5) is 5.13 Å². The molecule has 1 fully saturated rings. The fourth-order valence-electron chi connectivity index (χ4n) is 4.06. The normalized spacial score (nSPS) is 22.3. The molecule has 4 N–H and O–H groups in total. The van der Waals surface area contributed by atoms with Gasteiger partial charge in [0.25, 0.3) is 11.8 Å². The fourth-order valence-corrected chi connectivity index (χ4v) is 6.96. The number of aliphatic carboxylic acids is 1. The summed E-state index contributed by atoms with van der Waals surface area (Å²) in [6.07, 6.45) is 10.4. The highest BCUT2D eigenvalue weighted by atomic mass is 32.2. The largest absolute Gasteiger partial charge is 0.477 e. The molecule has 202 valence electrons. The van der Waals surface area contributed by atoms with Crippen molar-refractivity contribution in [2.45, 2.75) is 42.1 Å². The minimum absolute atomic E-state index is 0.116. The maximum atomic E-state index is 13.2. The van der Waals surface area contributed by atoms with Crippen molar-refractivity contribution in [1.82, 2.24) is 35.4 Å². The molecule has 5 rings (SSSR count). The molecule has 2 aromatic heterocycles. The number of carboxylic acids is 1. The van der Waals surface area contributed by atoms with Crippen molar-refractivity contribution in [3.63, 3.8) is 0 Å². The number of nitrogens with two attached hydrogens (primary N) is 1. The molecule has 0 spiro atoms. The Morgan fingerprint density at radius 2 is 2.28 bits per heavy atom. The summed E-state index contributed by atoms with van der Waals surface area (Å²) in [6, 6.07) is -0.957. The standard InChI is InChI=1S/C22H21N9O5S3/c1-2-7-30-22(26-28-29-30)39-9-11-8-37-19-15(18(33)31(19)16(11)20(34)35)25-17(32)14(13-10-38-21(23)24-13)27-36-12-5-3-4-6-12/h1,3,5,10,12,15,19H,4,6-9H2,(H2,23,24)(H,25,32)(H,34,35)/t12?,15?,19-/m0/s1. The number of carbonyl (C=O) groups excluding carboxylic acids is 2. The molecule has 0 saturated carbocycles. The second-order valence-corrected chi connectivity index (χ2v) is 11.3. The van der Waals surface area contributed by atoms with E-state index in [0.717, 1.165) is 24.2 Å². The van der Waals surface area contributed by atoms with Gasteiger partial charge in [0, 0.05) is 16.9 Å². The van der Waals surface area contributed by atoms with Crippen LogP contribution in [0, 0.1) is 12.3 Å². The number of β-lactam (4-membered cyclic amide) rings is 1. The number of aromatic nitrogens is 5. The molecule has 4 heterocycles. The molecule has 1 aliphatic carbocycles. The number of rotatable bonds is 10. The fraction of sp³-hybridized carbons (Fsp3) is 0.364. The molecule has 17 heteroatoms. The minimum Gasteiger partial charge on any atom is -0.477 e. The Bertz CT molecular complexity index is 1440. The number of thioether (sulfide) groups is 2. The van der Waals surface area contributed by atoms with E-state index in [1.807, 2.05) is 12.2 Å². The molecule has 39 heavy (non-hydrogen) atoms. The molecule has 2 amide bonds. The molecule has 2 aliphatic heterocycles. The van der Waals surface area contributed by atoms with E-state index >= 15 is 0 Å². The first kappa shape index (κ1) is 26.7. The van der Waals surface area contributed by atoms with Crippen LogP contribution in [0.25, 0.3) is 0 Å². The van der Waals surface area contributed by atoms with Crippen molar-refractivity contribution in [2.75, 3.05) is 17.2 Å². The van der Waals surface area contributed by atoms with Crippen molar-refractivity contribution in [3.05, 3.63) is 34.5 Å². The van der Waals surface area contributed by atoms with Gasteiger partial charge in [-0.3, -0.25) is 14.5 Å². The summed E-state index contributed by atoms with van der Waals surface area (Å²) >= 11 is 3.70. The highest BCUT2D eigenvalue weighted by molar-refractivity contribution is 8.01. The Morgan fingerprint density at radius 3 is 2.97 bits per heavy atom. The Hall–Kier alpha value is -3.88. The number of terminal acetylenes is 1. The van der Waals surface area contributed by atoms with Crippen LogP contribution >= 0.6 is 34.9 Å². The molecule has 2 unspecified atom stereocenters. The highest BCUT2D eigenvalue weighted by Gasteiger charge is 2.54. The van der Waals surface area contributed by atoms with Gasteiger partial charge in [-0.1, -0.05) is 28.9 Å². The maximum absolute atomic E-state index is 13.2. The van der Waals surface area contributed by atoms with Gasteiger partial charge in [-0.15, -0.1) is 34.6 Å². The summed E-state index contributed by atoms with van der Waals surface area (Å²) in [6.45, 7) is 0.171. The number of fused-ring (bicyclic) bond motifs is 1. The summed E-state index contributed by atoms with van der Waals surface area (Å²) in [5.74, 6) is 0.546. The summed E-state index contributed by atoms with van der Waals surface area (Å²) in [4.78, 5) is 49.3. The third-order valence-electron chi connectivity index (χ3n) is 5.88. The number of anilines is 1. The summed E-state index contributed by atoms with van der Waals surface area (Å²) < 4.78 is 1.42. The summed E-state index contributed by atoms with van der Waals surface area (Å²) in [7, 11) is 0. The molecule has 3 aliphatic rings. The third-order valence-corrected chi connectivity index (χ3v) is 8.94. The average molecular weight is 588 g/mol. The van der Waals surface area contributed by atoms with Gasteiger partial charge in [-0.05, 0) is 34.9 Å². The van der Waals surface area contributed by atoms with Crippen molar-refractivity contribution < 1.29 is 24.3 Å². The summed E-state index contributed by atoms with van der Waals surface area (Å²) in [5, 5.41) is 29.6. The predicted octanol–water partition coefficient (Wildman–Crippen LogP) is 0.315. The van der Waals surface area contributed by atoms with E-state index in [1.165, 1.54) is 33.1 Å². The SMILES string of the molecule is C#CCn1nnnc1SCC1=C(C(=O)O)N2C(=O)C(NC(=O)C(=NOC3C=CCC3)c3csc(N)n3)[C@@H]2SC1. The van der Waals surface area contributed by atoms with E-state index in [0.29, 0.717) is 16.5 Å². The van der Waals surface area contributed by atoms with E-state index < -0.39 is 29.2 Å². The van der Waals surface area contributed by atoms with Crippen LogP contribution in [-0.2, 0) is 25.8 Å². The Balaban J connectivity index is 1.30. The van der Waals surface area contributed by atoms with Crippen molar-refractivity contribution >= 4 is 63.5 Å². The van der Waals surface area contributed by atoms with Gasteiger partial charge in [0.1, 0.15) is 35.5 Å². The second-order valence-electron chi connectivity index (χ2n) is 8.39. The lowest BCUT2D eigenvalue weighted by molar-refractivity contribution is -0.150. The van der Waals surface area contributed by atoms with Crippen LogP contribution in [0.1, 0.15) is 18.5 Å². The average Bonchev–Trinajstić information content (AvgIpc) is 3.69. The van der Waals surface area contributed by atoms with E-state index in [2.05, 4.69) is 36.9 Å². The van der Waals surface area contributed by atoms with Crippen LogP contribution < -0.4 is 11.1 Å². The first-order chi connectivity index (χ1) is 18.9. The molecule has 1 saturated heterocycles. The molecule has 0 aromatic carbocycles. The van der Waals surface area contributed by atoms with Gasteiger partial charge in [-0.2, -0.15) is 0 Å². The number of thiazole rings is 1. The zero-order valence-corrected chi connectivity index (χ0v) is 22.5. The quantitative estimate of drug-likeness (QED) is 0.0863. The lowest BCUT2D eigenvalue weighted by Crippen LogP contribution is -2.71. The van der Waals surface area contributed by atoms with Crippen molar-refractivity contribution in [2.24, 2.45) is 5.16 Å². The smallest absolute Gasteiger partial charge is 0.352 e. The number of allylic oxidation sites excluding steroid dienone is 1. The Kier molecular flexibility index (Phi) is 7.86. The van der Waals surface area contributed by atoms with Crippen LogP contribution in [0.3, 0.4) is 0 Å². The zero-order valence-electron chi connectivity index (χ0n) is 20.1. The summed E-state index contributed by atoms with van der Waals surface area (Å²) in [5.41, 5.74) is 6.25. The minimum atomic E-state index is -1.24. The van der Waals surface area contributed by atoms with Gasteiger partial charge in [-0.25, -0.2) is 14.5 Å². The number of oxime groups is 1. The number of amides is 2. The molecular formula is C22H21N9O5S3. The molecular weight excluding hydrogens is 567 g/mol. The van der Waals surface area contributed by atoms with Crippen LogP contribution in [0.2, 0.25) is 0 Å². The molecule has 14 nitrogen and oxygen atoms in total. The number of hydrogen-bond acceptors (Lipinski definition) is 13. The monoisotopic (exact) mass is 587 g/mol. The number of carboxylic acid groups (broad SMARTS) is 1. The van der Waals surface area contributed by atoms with Gasteiger partial charge < -0.3 is 21.0 Å². The number of nitrogens with zero attached hydrogens (tertiary/aromatic N) is 7. The Labute approximate surface area is 234 Å². The second kappa shape index (κ2) is 11.5. The highest BCUT2D eigenvalue weighted by Crippen LogP contribution is 2.41.